The molecule has 2 aliphatic carbocycles. The van der Waals surface area contributed by atoms with Crippen LogP contribution < -0.4 is 21.5 Å². The van der Waals surface area contributed by atoms with E-state index in [9.17, 15) is 14.4 Å². The van der Waals surface area contributed by atoms with Gasteiger partial charge in [0.2, 0.25) is 11.6 Å². The topological polar surface area (TPSA) is 102 Å². The van der Waals surface area contributed by atoms with Gasteiger partial charge in [0.1, 0.15) is 0 Å². The maximum absolute atomic E-state index is 14.1. The van der Waals surface area contributed by atoms with Crippen LogP contribution >= 0.6 is 0 Å². The first kappa shape index (κ1) is 24.8. The van der Waals surface area contributed by atoms with Crippen molar-refractivity contribution in [1.82, 2.24) is 24.0 Å². The fourth-order valence-corrected chi connectivity index (χ4v) is 8.55. The van der Waals surface area contributed by atoms with Gasteiger partial charge in [0.15, 0.2) is 0 Å². The fraction of sp³-hybridized carbons (Fsp3) is 0.600. The Labute approximate surface area is 226 Å². The summed E-state index contributed by atoms with van der Waals surface area (Å²) in [6.07, 6.45) is 15.0. The molecule has 0 unspecified atom stereocenters. The molecule has 39 heavy (non-hydrogen) atoms. The van der Waals surface area contributed by atoms with Crippen LogP contribution in [0.15, 0.2) is 44.8 Å². The molecule has 4 aliphatic rings. The molecular weight excluding hydrogens is 494 g/mol. The molecule has 4 bridgehead atoms. The van der Waals surface area contributed by atoms with Gasteiger partial charge in [-0.25, -0.2) is 14.3 Å². The second-order valence-corrected chi connectivity index (χ2v) is 12.3. The summed E-state index contributed by atoms with van der Waals surface area (Å²) in [5.74, 6) is 1.72. The molecule has 1 N–H and O–H groups in total. The molecule has 0 amide bonds. The summed E-state index contributed by atoms with van der Waals surface area (Å²) in [5.41, 5.74) is -0.210. The Bertz CT molecular complexity index is 1550. The van der Waals surface area contributed by atoms with Crippen LogP contribution in [0, 0.1) is 11.8 Å². The average molecular weight is 532 g/mol. The molecular formula is C30H37N5O4. The standard InChI is InChI=1S/C30H37N5O4/c1-39-26-17-33(30(38)32-28(26)36)27-29(37)35(25-11-3-2-10-24(25)31-27)23-15-20-8-5-9-21(16-23)34(20)22-13-18-6-4-7-19(12-18)14-22/h2-3,10-11,17-23H,4-9,12-16H2,1H3,(H,32,36,38)/t18-,19+,20-,21+,22+,23+. The van der Waals surface area contributed by atoms with Crippen LogP contribution in [-0.4, -0.2) is 49.2 Å². The zero-order valence-electron chi connectivity index (χ0n) is 22.6. The van der Waals surface area contributed by atoms with E-state index in [1.807, 2.05) is 28.8 Å². The van der Waals surface area contributed by atoms with Gasteiger partial charge < -0.3 is 9.30 Å². The number of hydrogen-bond acceptors (Lipinski definition) is 6. The lowest BCUT2D eigenvalue weighted by Gasteiger charge is -2.55. The maximum atomic E-state index is 14.1. The fourth-order valence-electron chi connectivity index (χ4n) is 8.55. The number of hydrogen-bond donors (Lipinski definition) is 1. The van der Waals surface area contributed by atoms with E-state index in [1.54, 1.807) is 0 Å². The van der Waals surface area contributed by atoms with E-state index in [4.69, 9.17) is 4.74 Å². The summed E-state index contributed by atoms with van der Waals surface area (Å²) in [5, 5.41) is 0. The van der Waals surface area contributed by atoms with Crippen LogP contribution in [0.5, 0.6) is 5.75 Å². The lowest BCUT2D eigenvalue weighted by molar-refractivity contribution is -0.0485. The van der Waals surface area contributed by atoms with Crippen LogP contribution in [0.1, 0.15) is 76.7 Å². The summed E-state index contributed by atoms with van der Waals surface area (Å²) >= 11 is 0. The summed E-state index contributed by atoms with van der Waals surface area (Å²) in [6, 6.07) is 9.31. The second kappa shape index (κ2) is 9.77. The van der Waals surface area contributed by atoms with Crippen molar-refractivity contribution in [2.45, 2.75) is 94.8 Å². The number of aromatic amines is 1. The van der Waals surface area contributed by atoms with Gasteiger partial charge in [-0.2, -0.15) is 0 Å². The quantitative estimate of drug-likeness (QED) is 0.550. The lowest BCUT2D eigenvalue weighted by Crippen LogP contribution is -2.58. The van der Waals surface area contributed by atoms with Gasteiger partial charge in [-0.1, -0.05) is 37.8 Å². The molecule has 1 aromatic carbocycles. The van der Waals surface area contributed by atoms with Crippen molar-refractivity contribution >= 4 is 11.0 Å². The summed E-state index contributed by atoms with van der Waals surface area (Å²) in [6.45, 7) is 0. The number of aromatic nitrogens is 4. The highest BCUT2D eigenvalue weighted by Gasteiger charge is 2.45. The summed E-state index contributed by atoms with van der Waals surface area (Å²) in [7, 11) is 1.36. The predicted octanol–water partition coefficient (Wildman–Crippen LogP) is 3.77. The van der Waals surface area contributed by atoms with Crippen molar-refractivity contribution in [2.75, 3.05) is 7.11 Å². The number of methoxy groups -OCH3 is 1. The molecule has 2 aliphatic heterocycles. The number of nitrogens with zero attached hydrogens (tertiary/aromatic N) is 4. The number of ether oxygens (including phenoxy) is 1. The van der Waals surface area contributed by atoms with Gasteiger partial charge in [0.25, 0.3) is 11.1 Å². The van der Waals surface area contributed by atoms with Gasteiger partial charge >= 0.3 is 5.69 Å². The van der Waals surface area contributed by atoms with Gasteiger partial charge in [-0.05, 0) is 68.9 Å². The zero-order valence-corrected chi connectivity index (χ0v) is 22.6. The van der Waals surface area contributed by atoms with Gasteiger partial charge in [0.05, 0.1) is 24.3 Å². The molecule has 2 aromatic heterocycles. The third-order valence-electron chi connectivity index (χ3n) is 10.0. The van der Waals surface area contributed by atoms with E-state index in [0.29, 0.717) is 23.6 Å². The number of piperidine rings is 2. The second-order valence-electron chi connectivity index (χ2n) is 12.3. The highest BCUT2D eigenvalue weighted by Crippen LogP contribution is 2.47. The number of rotatable bonds is 4. The normalized spacial score (nSPS) is 30.8. The molecule has 0 radical (unpaired) electrons. The SMILES string of the molecule is COc1cn(-c2nc3ccccc3n([C@H]3C[C@H]4CCC[C@@H](C3)N4[C@H]3C[C@@H]4CCC[C@@H](C4)C3)c2=O)c(=O)[nH]c1=O. The Morgan fingerprint density at radius 2 is 1.54 bits per heavy atom. The van der Waals surface area contributed by atoms with Crippen molar-refractivity contribution in [3.8, 4) is 11.6 Å². The molecule has 2 saturated carbocycles. The van der Waals surface area contributed by atoms with E-state index >= 15 is 0 Å². The van der Waals surface area contributed by atoms with Crippen molar-refractivity contribution in [1.29, 1.82) is 0 Å². The Balaban J connectivity index is 1.29. The predicted molar refractivity (Wildman–Crippen MR) is 149 cm³/mol. The molecule has 4 heterocycles. The van der Waals surface area contributed by atoms with E-state index < -0.39 is 11.2 Å². The molecule has 0 spiro atoms. The highest BCUT2D eigenvalue weighted by molar-refractivity contribution is 5.75. The summed E-state index contributed by atoms with van der Waals surface area (Å²) < 4.78 is 8.14. The molecule has 4 fully saturated rings. The van der Waals surface area contributed by atoms with Gasteiger partial charge in [0, 0.05) is 24.2 Å². The van der Waals surface area contributed by atoms with Crippen molar-refractivity contribution in [3.63, 3.8) is 0 Å². The first-order valence-electron chi connectivity index (χ1n) is 14.7. The van der Waals surface area contributed by atoms with Crippen molar-refractivity contribution in [2.24, 2.45) is 11.8 Å². The van der Waals surface area contributed by atoms with Gasteiger partial charge in [-0.3, -0.25) is 19.5 Å². The average Bonchev–Trinajstić information content (AvgIpc) is 2.92. The van der Waals surface area contributed by atoms with E-state index in [-0.39, 0.29) is 23.2 Å². The van der Waals surface area contributed by atoms with E-state index in [2.05, 4.69) is 14.9 Å². The van der Waals surface area contributed by atoms with Crippen molar-refractivity contribution < 1.29 is 4.74 Å². The van der Waals surface area contributed by atoms with Gasteiger partial charge in [-0.15, -0.1) is 0 Å². The molecule has 3 aromatic rings. The van der Waals surface area contributed by atoms with Crippen LogP contribution in [0.3, 0.4) is 0 Å². The highest BCUT2D eigenvalue weighted by atomic mass is 16.5. The third kappa shape index (κ3) is 4.26. The number of H-pyrrole nitrogens is 1. The minimum absolute atomic E-state index is 0.0130. The number of fused-ring (bicyclic) bond motifs is 5. The van der Waals surface area contributed by atoms with Crippen LogP contribution in [0.4, 0.5) is 0 Å². The Morgan fingerprint density at radius 3 is 2.26 bits per heavy atom. The smallest absolute Gasteiger partial charge is 0.334 e. The molecule has 7 rings (SSSR count). The Hall–Kier alpha value is -3.20. The van der Waals surface area contributed by atoms with Crippen LogP contribution in [-0.2, 0) is 0 Å². The first-order chi connectivity index (χ1) is 19.0. The maximum Gasteiger partial charge on any atom is 0.334 e. The van der Waals surface area contributed by atoms with Crippen LogP contribution in [0.25, 0.3) is 16.9 Å². The van der Waals surface area contributed by atoms with E-state index in [0.717, 1.165) is 34.8 Å². The lowest BCUT2D eigenvalue weighted by atomic mass is 9.68. The zero-order chi connectivity index (χ0) is 26.7. The molecule has 9 nitrogen and oxygen atoms in total. The summed E-state index contributed by atoms with van der Waals surface area (Å²) in [4.78, 5) is 48.8. The van der Waals surface area contributed by atoms with Crippen molar-refractivity contribution in [3.05, 3.63) is 61.7 Å². The number of benzene rings is 1. The molecule has 2 saturated heterocycles. The minimum atomic E-state index is -0.707. The van der Waals surface area contributed by atoms with Crippen LogP contribution in [0.2, 0.25) is 0 Å². The number of para-hydroxylation sites is 2. The minimum Gasteiger partial charge on any atom is -0.490 e. The third-order valence-corrected chi connectivity index (χ3v) is 10.0. The van der Waals surface area contributed by atoms with E-state index in [1.165, 1.54) is 71.1 Å². The molecule has 9 heteroatoms. The number of nitrogens with one attached hydrogen (secondary N) is 1. The Morgan fingerprint density at radius 1 is 0.846 bits per heavy atom. The molecule has 6 atom stereocenters. The first-order valence-corrected chi connectivity index (χ1v) is 14.7. The Kier molecular flexibility index (Phi) is 6.21. The molecule has 206 valence electrons. The largest absolute Gasteiger partial charge is 0.490 e. The monoisotopic (exact) mass is 531 g/mol.